The van der Waals surface area contributed by atoms with E-state index < -0.39 is 6.36 Å². The van der Waals surface area contributed by atoms with Crippen LogP contribution in [0.5, 0.6) is 5.75 Å². The van der Waals surface area contributed by atoms with Crippen molar-refractivity contribution < 1.29 is 17.9 Å². The van der Waals surface area contributed by atoms with Gasteiger partial charge >= 0.3 is 6.36 Å². The van der Waals surface area contributed by atoms with Crippen LogP contribution in [0.25, 0.3) is 17.1 Å². The minimum absolute atomic E-state index is 0.168. The van der Waals surface area contributed by atoms with Crippen molar-refractivity contribution in [1.29, 1.82) is 0 Å². The maximum absolute atomic E-state index is 12.4. The predicted molar refractivity (Wildman–Crippen MR) is 148 cm³/mol. The molecule has 0 spiro atoms. The zero-order valence-corrected chi connectivity index (χ0v) is 21.6. The lowest BCUT2D eigenvalue weighted by Crippen LogP contribution is -2.32. The Hall–Kier alpha value is -4.25. The fourth-order valence-electron chi connectivity index (χ4n) is 4.66. The van der Waals surface area contributed by atoms with E-state index in [1.807, 2.05) is 42.5 Å². The van der Waals surface area contributed by atoms with Crippen molar-refractivity contribution in [1.82, 2.24) is 14.8 Å². The smallest absolute Gasteiger partial charge is 0.406 e. The van der Waals surface area contributed by atoms with Crippen LogP contribution in [0.3, 0.4) is 0 Å². The van der Waals surface area contributed by atoms with Gasteiger partial charge in [-0.05, 0) is 72.4 Å². The molecule has 3 aromatic carbocycles. The van der Waals surface area contributed by atoms with Crippen LogP contribution in [-0.2, 0) is 0 Å². The molecule has 0 bridgehead atoms. The Balaban J connectivity index is 1.30. The highest BCUT2D eigenvalue weighted by Crippen LogP contribution is 2.39. The number of nitrogens with zero attached hydrogens (tertiary/aromatic N) is 5. The molecule has 0 unspecified atom stereocenters. The highest BCUT2D eigenvalue weighted by Gasteiger charge is 2.31. The lowest BCUT2D eigenvalue weighted by molar-refractivity contribution is -0.274. The summed E-state index contributed by atoms with van der Waals surface area (Å²) in [6.07, 6.45) is 3.18. The SMILES string of the molecule is NC(=S)N(/N=C/c1ccc(-c2ncn(-c3ccc(OC(F)(F)F)cc3)n2)cc1)c1ccccc1C1CCCC1. The number of hydrogen-bond donors (Lipinski definition) is 1. The Morgan fingerprint density at radius 1 is 1.03 bits per heavy atom. The summed E-state index contributed by atoms with van der Waals surface area (Å²) < 4.78 is 42.5. The fourth-order valence-corrected chi connectivity index (χ4v) is 4.81. The van der Waals surface area contributed by atoms with E-state index in [-0.39, 0.29) is 10.9 Å². The number of thiocarbonyl (C=S) groups is 1. The summed E-state index contributed by atoms with van der Waals surface area (Å²) in [5, 5.41) is 10.8. The fraction of sp³-hybridized carbons (Fsp3) is 0.214. The molecule has 0 radical (unpaired) electrons. The molecule has 1 saturated carbocycles. The van der Waals surface area contributed by atoms with Gasteiger partial charge in [0.1, 0.15) is 12.1 Å². The van der Waals surface area contributed by atoms with Gasteiger partial charge in [0.2, 0.25) is 0 Å². The van der Waals surface area contributed by atoms with Crippen LogP contribution in [0.15, 0.2) is 84.2 Å². The van der Waals surface area contributed by atoms with Gasteiger partial charge < -0.3 is 10.5 Å². The third kappa shape index (κ3) is 6.43. The van der Waals surface area contributed by atoms with Gasteiger partial charge in [-0.15, -0.1) is 18.3 Å². The van der Waals surface area contributed by atoms with E-state index in [4.69, 9.17) is 18.0 Å². The highest BCUT2D eigenvalue weighted by molar-refractivity contribution is 7.80. The summed E-state index contributed by atoms with van der Waals surface area (Å²) in [5.74, 6) is 0.634. The molecule has 1 aromatic heterocycles. The number of nitrogens with two attached hydrogens (primary N) is 1. The van der Waals surface area contributed by atoms with E-state index in [1.165, 1.54) is 53.7 Å². The van der Waals surface area contributed by atoms with E-state index in [2.05, 4.69) is 26.0 Å². The average Bonchev–Trinajstić information content (AvgIpc) is 3.62. The molecule has 39 heavy (non-hydrogen) atoms. The Morgan fingerprint density at radius 3 is 2.38 bits per heavy atom. The van der Waals surface area contributed by atoms with Crippen molar-refractivity contribution in [2.24, 2.45) is 10.8 Å². The molecule has 200 valence electrons. The molecule has 11 heteroatoms. The minimum atomic E-state index is -4.74. The van der Waals surface area contributed by atoms with Crippen molar-refractivity contribution in [2.45, 2.75) is 38.0 Å². The number of benzene rings is 3. The molecule has 1 aliphatic rings. The summed E-state index contributed by atoms with van der Waals surface area (Å²) in [6.45, 7) is 0. The Kier molecular flexibility index (Phi) is 7.60. The van der Waals surface area contributed by atoms with Crippen LogP contribution in [-0.4, -0.2) is 32.5 Å². The largest absolute Gasteiger partial charge is 0.573 e. The first-order chi connectivity index (χ1) is 18.8. The number of halogens is 3. The van der Waals surface area contributed by atoms with E-state index in [9.17, 15) is 13.2 Å². The maximum atomic E-state index is 12.4. The summed E-state index contributed by atoms with van der Waals surface area (Å²) in [7, 11) is 0. The van der Waals surface area contributed by atoms with Crippen LogP contribution in [0.4, 0.5) is 18.9 Å². The van der Waals surface area contributed by atoms with Gasteiger partial charge in [0.25, 0.3) is 0 Å². The van der Waals surface area contributed by atoms with Gasteiger partial charge in [-0.25, -0.2) is 14.7 Å². The average molecular weight is 551 g/mol. The highest BCUT2D eigenvalue weighted by atomic mass is 32.1. The third-order valence-electron chi connectivity index (χ3n) is 6.49. The van der Waals surface area contributed by atoms with Crippen molar-refractivity contribution in [2.75, 3.05) is 5.01 Å². The first-order valence-corrected chi connectivity index (χ1v) is 12.8. The molecule has 1 heterocycles. The lowest BCUT2D eigenvalue weighted by Gasteiger charge is -2.23. The molecule has 1 fully saturated rings. The molecule has 7 nitrogen and oxygen atoms in total. The molecule has 4 aromatic rings. The molecule has 1 aliphatic carbocycles. The number of anilines is 1. The number of alkyl halides is 3. The number of aromatic nitrogens is 3. The first kappa shape index (κ1) is 26.4. The van der Waals surface area contributed by atoms with E-state index in [0.717, 1.165) is 29.7 Å². The van der Waals surface area contributed by atoms with E-state index >= 15 is 0 Å². The van der Waals surface area contributed by atoms with Crippen LogP contribution in [0, 0.1) is 0 Å². The molecule has 0 amide bonds. The van der Waals surface area contributed by atoms with Gasteiger partial charge in [-0.3, -0.25) is 0 Å². The normalized spacial score (nSPS) is 14.1. The van der Waals surface area contributed by atoms with Gasteiger partial charge in [-0.1, -0.05) is 55.3 Å². The Bertz CT molecular complexity index is 1460. The van der Waals surface area contributed by atoms with Gasteiger partial charge in [-0.2, -0.15) is 5.10 Å². The van der Waals surface area contributed by atoms with Crippen LogP contribution in [0.2, 0.25) is 0 Å². The second-order valence-electron chi connectivity index (χ2n) is 9.11. The molecular formula is C28H25F3N6OS. The van der Waals surface area contributed by atoms with Gasteiger partial charge in [0.05, 0.1) is 17.6 Å². The third-order valence-corrected chi connectivity index (χ3v) is 6.66. The number of rotatable bonds is 7. The quantitative estimate of drug-likeness (QED) is 0.159. The topological polar surface area (TPSA) is 81.6 Å². The van der Waals surface area contributed by atoms with E-state index in [1.54, 1.807) is 11.2 Å². The van der Waals surface area contributed by atoms with Crippen molar-refractivity contribution in [3.05, 3.63) is 90.3 Å². The lowest BCUT2D eigenvalue weighted by atomic mass is 9.96. The second kappa shape index (κ2) is 11.2. The summed E-state index contributed by atoms with van der Waals surface area (Å²) >= 11 is 5.32. The summed E-state index contributed by atoms with van der Waals surface area (Å²) in [4.78, 5) is 4.32. The Labute approximate surface area is 228 Å². The van der Waals surface area contributed by atoms with Gasteiger partial charge in [0.15, 0.2) is 10.9 Å². The molecule has 5 rings (SSSR count). The molecule has 2 N–H and O–H groups in total. The summed E-state index contributed by atoms with van der Waals surface area (Å²) in [5.41, 5.74) is 10.3. The predicted octanol–water partition coefficient (Wildman–Crippen LogP) is 6.57. The molecule has 0 saturated heterocycles. The van der Waals surface area contributed by atoms with E-state index in [0.29, 0.717) is 17.4 Å². The Morgan fingerprint density at radius 2 is 1.72 bits per heavy atom. The van der Waals surface area contributed by atoms with Gasteiger partial charge in [0, 0.05) is 5.56 Å². The summed E-state index contributed by atoms with van der Waals surface area (Å²) in [6, 6.07) is 21.0. The number of ether oxygens (including phenoxy) is 1. The number of hydrogen-bond acceptors (Lipinski definition) is 5. The molecule has 0 aliphatic heterocycles. The maximum Gasteiger partial charge on any atom is 0.573 e. The zero-order valence-electron chi connectivity index (χ0n) is 20.8. The molecular weight excluding hydrogens is 525 g/mol. The standard InChI is InChI=1S/C28H25F3N6OS/c29-28(30,31)38-23-15-13-22(14-16-23)36-18-33-26(35-36)21-11-9-19(10-12-21)17-34-37(27(32)39)25-8-4-3-7-24(25)20-5-1-2-6-20/h3-4,7-18,20H,1-2,5-6H2,(H2,32,39)/b34-17+. The monoisotopic (exact) mass is 550 g/mol. The van der Waals surface area contributed by atoms with Crippen LogP contribution >= 0.6 is 12.2 Å². The number of hydrazone groups is 1. The molecule has 0 atom stereocenters. The first-order valence-electron chi connectivity index (χ1n) is 12.4. The second-order valence-corrected chi connectivity index (χ2v) is 9.53. The van der Waals surface area contributed by atoms with Crippen LogP contribution in [0.1, 0.15) is 42.7 Å². The minimum Gasteiger partial charge on any atom is -0.406 e. The van der Waals surface area contributed by atoms with Crippen molar-refractivity contribution in [3.63, 3.8) is 0 Å². The van der Waals surface area contributed by atoms with Crippen LogP contribution < -0.4 is 15.5 Å². The zero-order chi connectivity index (χ0) is 27.4. The van der Waals surface area contributed by atoms with Crippen molar-refractivity contribution in [3.8, 4) is 22.8 Å². The van der Waals surface area contributed by atoms with Crippen molar-refractivity contribution >= 4 is 29.2 Å². The number of para-hydroxylation sites is 1.